The number of aliphatic imine (C=N–C) groups is 1. The third-order valence-corrected chi connectivity index (χ3v) is 4.59. The molecule has 2 N–H and O–H groups in total. The van der Waals surface area contributed by atoms with Gasteiger partial charge in [0.15, 0.2) is 5.96 Å². The molecule has 0 bridgehead atoms. The van der Waals surface area contributed by atoms with Crippen LogP contribution in [0, 0.1) is 0 Å². The van der Waals surface area contributed by atoms with Gasteiger partial charge < -0.3 is 15.4 Å². The predicted octanol–water partition coefficient (Wildman–Crippen LogP) is 3.60. The first-order chi connectivity index (χ1) is 13.8. The molecule has 2 aromatic carbocycles. The monoisotopic (exact) mass is 505 g/mol. The molecule has 0 aliphatic carbocycles. The summed E-state index contributed by atoms with van der Waals surface area (Å²) in [6.07, 6.45) is 3.73. The summed E-state index contributed by atoms with van der Waals surface area (Å²) in [6, 6.07) is 20.5. The van der Waals surface area contributed by atoms with Crippen LogP contribution in [-0.4, -0.2) is 36.4 Å². The van der Waals surface area contributed by atoms with Gasteiger partial charge in [0, 0.05) is 39.6 Å². The highest BCUT2D eigenvalue weighted by Gasteiger charge is 2.11. The molecule has 1 unspecified atom stereocenters. The van der Waals surface area contributed by atoms with Gasteiger partial charge in [-0.25, -0.2) is 0 Å². The fraction of sp³-hybridized carbons (Fsp3) is 0.273. The van der Waals surface area contributed by atoms with Crippen LogP contribution in [0.2, 0.25) is 0 Å². The van der Waals surface area contributed by atoms with Gasteiger partial charge in [0.1, 0.15) is 0 Å². The molecule has 0 aliphatic heterocycles. The summed E-state index contributed by atoms with van der Waals surface area (Å²) >= 11 is 0. The first-order valence-corrected chi connectivity index (χ1v) is 9.36. The first kappa shape index (κ1) is 22.9. The number of guanidine groups is 1. The van der Waals surface area contributed by atoms with E-state index in [2.05, 4.69) is 57.1 Å². The Morgan fingerprint density at radius 2 is 1.76 bits per heavy atom. The number of aromatic nitrogens is 2. The van der Waals surface area contributed by atoms with Crippen molar-refractivity contribution in [1.82, 2.24) is 20.4 Å². The Balaban J connectivity index is 0.00000300. The van der Waals surface area contributed by atoms with Crippen molar-refractivity contribution in [2.45, 2.75) is 19.2 Å². The number of halogens is 1. The third-order valence-electron chi connectivity index (χ3n) is 4.59. The molecular formula is C22H28IN5O. The van der Waals surface area contributed by atoms with Crippen molar-refractivity contribution in [2.24, 2.45) is 4.99 Å². The fourth-order valence-electron chi connectivity index (χ4n) is 3.05. The predicted molar refractivity (Wildman–Crippen MR) is 128 cm³/mol. The Morgan fingerprint density at radius 3 is 2.41 bits per heavy atom. The number of nitrogens with zero attached hydrogens (tertiary/aromatic N) is 3. The number of nitrogens with one attached hydrogen (secondary N) is 2. The molecule has 7 heteroatoms. The Kier molecular flexibility index (Phi) is 9.66. The van der Waals surface area contributed by atoms with E-state index in [-0.39, 0.29) is 30.1 Å². The van der Waals surface area contributed by atoms with Gasteiger partial charge >= 0.3 is 0 Å². The summed E-state index contributed by atoms with van der Waals surface area (Å²) in [5.74, 6) is 0.742. The van der Waals surface area contributed by atoms with Gasteiger partial charge in [-0.2, -0.15) is 5.10 Å². The lowest BCUT2D eigenvalue weighted by Crippen LogP contribution is -2.39. The molecule has 1 heterocycles. The minimum Gasteiger partial charge on any atom is -0.375 e. The Labute approximate surface area is 189 Å². The third kappa shape index (κ3) is 6.86. The van der Waals surface area contributed by atoms with E-state index in [9.17, 15) is 0 Å². The van der Waals surface area contributed by atoms with Crippen molar-refractivity contribution in [3.8, 4) is 0 Å². The zero-order chi connectivity index (χ0) is 19.6. The number of hydrogen-bond donors (Lipinski definition) is 2. The molecular weight excluding hydrogens is 477 g/mol. The topological polar surface area (TPSA) is 63.5 Å². The van der Waals surface area contributed by atoms with Crippen molar-refractivity contribution in [2.75, 3.05) is 20.7 Å². The van der Waals surface area contributed by atoms with Gasteiger partial charge in [0.25, 0.3) is 0 Å². The number of benzene rings is 2. The van der Waals surface area contributed by atoms with Crippen LogP contribution in [0.3, 0.4) is 0 Å². The summed E-state index contributed by atoms with van der Waals surface area (Å²) in [5.41, 5.74) is 3.58. The maximum atomic E-state index is 5.62. The highest BCUT2D eigenvalue weighted by Crippen LogP contribution is 2.15. The minimum absolute atomic E-state index is 0. The SMILES string of the molecule is CN=C(NCc1ccccc1Cn1cccn1)NCC(OC)c1ccccc1.I. The lowest BCUT2D eigenvalue weighted by Gasteiger charge is -2.19. The second kappa shape index (κ2) is 12.2. The molecule has 1 atom stereocenters. The van der Waals surface area contributed by atoms with E-state index in [1.54, 1.807) is 20.4 Å². The van der Waals surface area contributed by atoms with Crippen LogP contribution in [0.25, 0.3) is 0 Å². The summed E-state index contributed by atoms with van der Waals surface area (Å²) in [7, 11) is 3.50. The molecule has 154 valence electrons. The molecule has 1 aromatic heterocycles. The molecule has 3 aromatic rings. The van der Waals surface area contributed by atoms with Crippen LogP contribution >= 0.6 is 24.0 Å². The zero-order valence-corrected chi connectivity index (χ0v) is 19.1. The van der Waals surface area contributed by atoms with E-state index >= 15 is 0 Å². The second-order valence-corrected chi connectivity index (χ2v) is 6.41. The van der Waals surface area contributed by atoms with Crippen molar-refractivity contribution >= 4 is 29.9 Å². The zero-order valence-electron chi connectivity index (χ0n) is 16.8. The van der Waals surface area contributed by atoms with Gasteiger partial charge in [-0.1, -0.05) is 54.6 Å². The Bertz CT molecular complexity index is 868. The normalized spacial score (nSPS) is 12.1. The summed E-state index contributed by atoms with van der Waals surface area (Å²) < 4.78 is 7.54. The van der Waals surface area contributed by atoms with Crippen LogP contribution in [0.4, 0.5) is 0 Å². The van der Waals surface area contributed by atoms with Crippen LogP contribution in [0.1, 0.15) is 22.8 Å². The lowest BCUT2D eigenvalue weighted by atomic mass is 10.1. The average molecular weight is 505 g/mol. The van der Waals surface area contributed by atoms with Gasteiger partial charge in [-0.3, -0.25) is 9.67 Å². The molecule has 0 fully saturated rings. The standard InChI is InChI=1S/C22H27N5O.HI/c1-23-22(25-16-21(28-2)18-9-4-3-5-10-18)24-15-19-11-6-7-12-20(19)17-27-14-8-13-26-27;/h3-14,21H,15-17H2,1-2H3,(H2,23,24,25);1H. The molecule has 29 heavy (non-hydrogen) atoms. The minimum atomic E-state index is -0.0353. The number of rotatable bonds is 8. The molecule has 0 saturated carbocycles. The van der Waals surface area contributed by atoms with Crippen molar-refractivity contribution in [3.05, 3.63) is 89.7 Å². The summed E-state index contributed by atoms with van der Waals surface area (Å²) in [5, 5.41) is 11.0. The smallest absolute Gasteiger partial charge is 0.191 e. The van der Waals surface area contributed by atoms with Crippen LogP contribution < -0.4 is 10.6 Å². The van der Waals surface area contributed by atoms with Gasteiger partial charge in [-0.15, -0.1) is 24.0 Å². The van der Waals surface area contributed by atoms with E-state index in [0.29, 0.717) is 13.1 Å². The highest BCUT2D eigenvalue weighted by molar-refractivity contribution is 14.0. The fourth-order valence-corrected chi connectivity index (χ4v) is 3.05. The van der Waals surface area contributed by atoms with Crippen LogP contribution in [0.15, 0.2) is 78.0 Å². The molecule has 0 amide bonds. The summed E-state index contributed by atoms with van der Waals surface area (Å²) in [6.45, 7) is 2.06. The van der Waals surface area contributed by atoms with Crippen molar-refractivity contribution < 1.29 is 4.74 Å². The lowest BCUT2D eigenvalue weighted by molar-refractivity contribution is 0.106. The first-order valence-electron chi connectivity index (χ1n) is 9.36. The van der Waals surface area contributed by atoms with Crippen molar-refractivity contribution in [1.29, 1.82) is 0 Å². The van der Waals surface area contributed by atoms with E-state index in [1.165, 1.54) is 11.1 Å². The maximum absolute atomic E-state index is 5.62. The van der Waals surface area contributed by atoms with Crippen molar-refractivity contribution in [3.63, 3.8) is 0 Å². The average Bonchev–Trinajstić information content (AvgIpc) is 3.25. The Hall–Kier alpha value is -2.39. The van der Waals surface area contributed by atoms with E-state index in [1.807, 2.05) is 35.1 Å². The number of hydrogen-bond acceptors (Lipinski definition) is 3. The van der Waals surface area contributed by atoms with Crippen LogP contribution in [0.5, 0.6) is 0 Å². The molecule has 0 saturated heterocycles. The number of ether oxygens (including phenoxy) is 1. The van der Waals surface area contributed by atoms with E-state index in [4.69, 9.17) is 4.74 Å². The Morgan fingerprint density at radius 1 is 1.03 bits per heavy atom. The van der Waals surface area contributed by atoms with Gasteiger partial charge in [-0.05, 0) is 22.8 Å². The van der Waals surface area contributed by atoms with Gasteiger partial charge in [0.2, 0.25) is 0 Å². The highest BCUT2D eigenvalue weighted by atomic mass is 127. The van der Waals surface area contributed by atoms with Crippen LogP contribution in [-0.2, 0) is 17.8 Å². The molecule has 0 radical (unpaired) electrons. The van der Waals surface area contributed by atoms with E-state index in [0.717, 1.165) is 18.1 Å². The molecule has 6 nitrogen and oxygen atoms in total. The molecule has 3 rings (SSSR count). The summed E-state index contributed by atoms with van der Waals surface area (Å²) in [4.78, 5) is 4.33. The number of methoxy groups -OCH3 is 1. The van der Waals surface area contributed by atoms with E-state index < -0.39 is 0 Å². The molecule has 0 aliphatic rings. The quantitative estimate of drug-likeness (QED) is 0.279. The van der Waals surface area contributed by atoms with Gasteiger partial charge in [0.05, 0.1) is 12.6 Å². The molecule has 0 spiro atoms. The largest absolute Gasteiger partial charge is 0.375 e. The maximum Gasteiger partial charge on any atom is 0.191 e. The second-order valence-electron chi connectivity index (χ2n) is 6.41.